The first-order valence-electron chi connectivity index (χ1n) is 6.17. The molecule has 100 valence electrons. The van der Waals surface area contributed by atoms with Crippen LogP contribution in [-0.2, 0) is 14.4 Å². The van der Waals surface area contributed by atoms with Gasteiger partial charge in [-0.05, 0) is 12.3 Å². The maximum Gasteiger partial charge on any atom is 0.326 e. The van der Waals surface area contributed by atoms with E-state index in [1.54, 1.807) is 0 Å². The molecule has 18 heavy (non-hydrogen) atoms. The first-order chi connectivity index (χ1) is 8.47. The van der Waals surface area contributed by atoms with E-state index in [0.29, 0.717) is 18.9 Å². The molecule has 1 unspecified atom stereocenters. The Labute approximate surface area is 110 Å². The second kappa shape index (κ2) is 5.30. The number of hydrogen-bond acceptors (Lipinski definition) is 4. The fraction of sp³-hybridized carbons (Fsp3) is 0.750. The van der Waals surface area contributed by atoms with Crippen molar-refractivity contribution in [1.29, 1.82) is 0 Å². The van der Waals surface area contributed by atoms with Crippen molar-refractivity contribution in [3.05, 3.63) is 0 Å². The van der Waals surface area contributed by atoms with E-state index in [-0.39, 0.29) is 22.7 Å². The zero-order valence-corrected chi connectivity index (χ0v) is 11.1. The summed E-state index contributed by atoms with van der Waals surface area (Å²) in [6, 6.07) is -0.706. The second-order valence-electron chi connectivity index (χ2n) is 5.01. The van der Waals surface area contributed by atoms with Crippen molar-refractivity contribution in [1.82, 2.24) is 4.90 Å². The Hall–Kier alpha value is -1.04. The van der Waals surface area contributed by atoms with Crippen LogP contribution in [0.4, 0.5) is 0 Å². The third kappa shape index (κ3) is 3.25. The lowest BCUT2D eigenvalue weighted by atomic mass is 10.1. The molecule has 1 N–H and O–H groups in total. The monoisotopic (exact) mass is 271 g/mol. The number of thioether (sulfide) groups is 1. The Morgan fingerprint density at radius 3 is 2.67 bits per heavy atom. The first kappa shape index (κ1) is 13.4. The molecule has 1 saturated carbocycles. The smallest absolute Gasteiger partial charge is 0.326 e. The quantitative estimate of drug-likeness (QED) is 0.811. The van der Waals surface area contributed by atoms with Gasteiger partial charge < -0.3 is 10.0 Å². The Morgan fingerprint density at radius 1 is 1.50 bits per heavy atom. The van der Waals surface area contributed by atoms with E-state index < -0.39 is 12.0 Å². The van der Waals surface area contributed by atoms with E-state index in [0.717, 1.165) is 24.6 Å². The summed E-state index contributed by atoms with van der Waals surface area (Å²) in [6.07, 6.45) is 2.96. The third-order valence-corrected chi connectivity index (χ3v) is 4.35. The maximum atomic E-state index is 11.9. The number of carbonyl (C=O) groups is 3. The van der Waals surface area contributed by atoms with E-state index in [1.807, 2.05) is 0 Å². The van der Waals surface area contributed by atoms with E-state index in [2.05, 4.69) is 0 Å². The first-order valence-corrected chi connectivity index (χ1v) is 7.05. The van der Waals surface area contributed by atoms with Crippen LogP contribution >= 0.6 is 11.8 Å². The fourth-order valence-corrected chi connectivity index (χ4v) is 3.27. The highest BCUT2D eigenvalue weighted by atomic mass is 32.2. The normalized spacial score (nSPS) is 25.3. The van der Waals surface area contributed by atoms with E-state index in [1.165, 1.54) is 11.8 Å². The molecule has 1 aliphatic heterocycles. The number of hydrogen-bond donors (Lipinski definition) is 1. The molecule has 0 aromatic heterocycles. The molecule has 0 bridgehead atoms. The Morgan fingerprint density at radius 2 is 2.17 bits per heavy atom. The van der Waals surface area contributed by atoms with E-state index in [9.17, 15) is 19.5 Å². The molecular formula is C12H17NO4S. The largest absolute Gasteiger partial charge is 0.480 e. The average Bonchev–Trinajstić information content (AvgIpc) is 2.99. The van der Waals surface area contributed by atoms with Crippen molar-refractivity contribution in [3.63, 3.8) is 0 Å². The van der Waals surface area contributed by atoms with Crippen LogP contribution in [0.2, 0.25) is 0 Å². The number of nitrogens with zero attached hydrogens (tertiary/aromatic N) is 1. The molecule has 2 aliphatic rings. The number of amides is 1. The maximum absolute atomic E-state index is 11.9. The van der Waals surface area contributed by atoms with Crippen LogP contribution in [0.1, 0.15) is 32.6 Å². The molecule has 1 aliphatic carbocycles. The minimum Gasteiger partial charge on any atom is -0.480 e. The van der Waals surface area contributed by atoms with Gasteiger partial charge in [-0.3, -0.25) is 9.59 Å². The molecule has 0 aromatic carbocycles. The van der Waals surface area contributed by atoms with Gasteiger partial charge in [0, 0.05) is 25.1 Å². The van der Waals surface area contributed by atoms with Crippen LogP contribution in [-0.4, -0.2) is 44.8 Å². The summed E-state index contributed by atoms with van der Waals surface area (Å²) in [5.74, 6) is -0.607. The summed E-state index contributed by atoms with van der Waals surface area (Å²) in [4.78, 5) is 35.6. The summed E-state index contributed by atoms with van der Waals surface area (Å²) in [5.41, 5.74) is 0. The lowest BCUT2D eigenvalue weighted by Gasteiger charge is -2.24. The molecule has 1 heterocycles. The lowest BCUT2D eigenvalue weighted by molar-refractivity contribution is -0.148. The van der Waals surface area contributed by atoms with Crippen molar-refractivity contribution >= 4 is 28.8 Å². The van der Waals surface area contributed by atoms with Crippen LogP contribution in [0.15, 0.2) is 0 Å². The molecule has 0 radical (unpaired) electrons. The molecule has 2 atom stereocenters. The van der Waals surface area contributed by atoms with Gasteiger partial charge in [-0.25, -0.2) is 4.79 Å². The van der Waals surface area contributed by atoms with Crippen molar-refractivity contribution in [2.24, 2.45) is 5.92 Å². The summed E-state index contributed by atoms with van der Waals surface area (Å²) >= 11 is 1.14. The summed E-state index contributed by atoms with van der Waals surface area (Å²) < 4.78 is 0. The number of rotatable bonds is 5. The zero-order valence-electron chi connectivity index (χ0n) is 10.3. The lowest BCUT2D eigenvalue weighted by Crippen LogP contribution is -2.42. The Balaban J connectivity index is 1.99. The van der Waals surface area contributed by atoms with E-state index in [4.69, 9.17) is 0 Å². The van der Waals surface area contributed by atoms with Gasteiger partial charge in [-0.1, -0.05) is 24.6 Å². The van der Waals surface area contributed by atoms with Gasteiger partial charge >= 0.3 is 5.97 Å². The van der Waals surface area contributed by atoms with Crippen LogP contribution < -0.4 is 0 Å². The topological polar surface area (TPSA) is 74.7 Å². The minimum absolute atomic E-state index is 0.0243. The number of carboxylic acid groups (broad SMARTS) is 1. The van der Waals surface area contributed by atoms with E-state index >= 15 is 0 Å². The predicted molar refractivity (Wildman–Crippen MR) is 67.2 cm³/mol. The molecule has 2 fully saturated rings. The SMILES string of the molecule is CC(=O)SC1CC(=O)N([C@@H](CC2CC2)C(=O)O)C1. The molecular weight excluding hydrogens is 254 g/mol. The number of carboxylic acids is 1. The van der Waals surface area contributed by atoms with Gasteiger partial charge in [-0.2, -0.15) is 0 Å². The van der Waals surface area contributed by atoms with Gasteiger partial charge in [-0.15, -0.1) is 0 Å². The highest BCUT2D eigenvalue weighted by molar-refractivity contribution is 8.14. The number of likely N-dealkylation sites (tertiary alicyclic amines) is 1. The summed E-state index contributed by atoms with van der Waals surface area (Å²) in [5, 5.41) is 9.12. The fourth-order valence-electron chi connectivity index (χ4n) is 2.34. The Kier molecular flexibility index (Phi) is 3.94. The molecule has 6 heteroatoms. The van der Waals surface area contributed by atoms with Gasteiger partial charge in [0.05, 0.1) is 0 Å². The summed E-state index contributed by atoms with van der Waals surface area (Å²) in [6.45, 7) is 1.85. The molecule has 0 spiro atoms. The van der Waals surface area contributed by atoms with Crippen molar-refractivity contribution < 1.29 is 19.5 Å². The highest BCUT2D eigenvalue weighted by Gasteiger charge is 2.40. The van der Waals surface area contributed by atoms with Crippen LogP contribution in [0.5, 0.6) is 0 Å². The van der Waals surface area contributed by atoms with Crippen LogP contribution in [0.25, 0.3) is 0 Å². The average molecular weight is 271 g/mol. The van der Waals surface area contributed by atoms with Gasteiger partial charge in [0.1, 0.15) is 6.04 Å². The van der Waals surface area contributed by atoms with Gasteiger partial charge in [0.25, 0.3) is 0 Å². The predicted octanol–water partition coefficient (Wildman–Crippen LogP) is 1.12. The summed E-state index contributed by atoms with van der Waals surface area (Å²) in [7, 11) is 0. The molecule has 5 nitrogen and oxygen atoms in total. The minimum atomic E-state index is -0.927. The second-order valence-corrected chi connectivity index (χ2v) is 6.49. The van der Waals surface area contributed by atoms with Crippen molar-refractivity contribution in [2.75, 3.05) is 6.54 Å². The van der Waals surface area contributed by atoms with Crippen molar-refractivity contribution in [3.8, 4) is 0 Å². The van der Waals surface area contributed by atoms with Crippen LogP contribution in [0, 0.1) is 5.92 Å². The molecule has 1 amide bonds. The zero-order chi connectivity index (χ0) is 13.3. The standard InChI is InChI=1S/C12H17NO4S/c1-7(14)18-9-5-11(15)13(6-9)10(12(16)17)4-8-2-3-8/h8-10H,2-6H2,1H3,(H,16,17)/t9?,10-/m0/s1. The molecule has 2 rings (SSSR count). The van der Waals surface area contributed by atoms with Gasteiger partial charge in [0.15, 0.2) is 5.12 Å². The molecule has 0 aromatic rings. The van der Waals surface area contributed by atoms with Gasteiger partial charge in [0.2, 0.25) is 5.91 Å². The van der Waals surface area contributed by atoms with Crippen LogP contribution in [0.3, 0.4) is 0 Å². The number of aliphatic carboxylic acids is 1. The Bertz CT molecular complexity index is 380. The van der Waals surface area contributed by atoms with Crippen molar-refractivity contribution in [2.45, 2.75) is 43.9 Å². The number of carbonyl (C=O) groups excluding carboxylic acids is 2. The molecule has 1 saturated heterocycles. The highest BCUT2D eigenvalue weighted by Crippen LogP contribution is 2.36. The third-order valence-electron chi connectivity index (χ3n) is 3.37.